The van der Waals surface area contributed by atoms with Crippen LogP contribution in [0.3, 0.4) is 0 Å². The first-order valence-corrected chi connectivity index (χ1v) is 3.91. The Balaban J connectivity index is 5.51. The summed E-state index contributed by atoms with van der Waals surface area (Å²) in [5.74, 6) is 0. The molecule has 1 nitrogen and oxygen atoms in total. The third kappa shape index (κ3) is 3.04. The van der Waals surface area contributed by atoms with Crippen molar-refractivity contribution in [3.05, 3.63) is 0 Å². The van der Waals surface area contributed by atoms with E-state index in [4.69, 9.17) is 0 Å². The van der Waals surface area contributed by atoms with Gasteiger partial charge in [0, 0.05) is 0 Å². The maximum absolute atomic E-state index is 11.5. The third-order valence-corrected chi connectivity index (χ3v) is 1.86. The van der Waals surface area contributed by atoms with Crippen LogP contribution in [0, 0.1) is 0 Å². The molecule has 0 bridgehead atoms. The second-order valence-electron chi connectivity index (χ2n) is 1.71. The number of hydrogen-bond donors (Lipinski definition) is 0. The molecule has 0 rings (SSSR count). The van der Waals surface area contributed by atoms with Gasteiger partial charge in [0.2, 0.25) is 0 Å². The van der Waals surface area contributed by atoms with Gasteiger partial charge in [-0.25, -0.2) is 0 Å². The first kappa shape index (κ1) is 12.5. The Labute approximate surface area is 65.4 Å². The van der Waals surface area contributed by atoms with Gasteiger partial charge in [0.15, 0.2) is 0 Å². The highest BCUT2D eigenvalue weighted by atomic mass is 32.4. The van der Waals surface area contributed by atoms with E-state index < -0.39 is 21.9 Å². The number of alkyl halides is 6. The van der Waals surface area contributed by atoms with Crippen LogP contribution in [0.5, 0.6) is 0 Å². The number of hydrogen-bond acceptors (Lipinski definition) is 1. The van der Waals surface area contributed by atoms with E-state index in [2.05, 4.69) is 0 Å². The van der Waals surface area contributed by atoms with E-state index in [1.807, 2.05) is 0 Å². The summed E-state index contributed by atoms with van der Waals surface area (Å²) < 4.78 is 101. The van der Waals surface area contributed by atoms with Crippen molar-refractivity contribution in [2.45, 2.75) is 11.8 Å². The molecule has 0 heterocycles. The van der Waals surface area contributed by atoms with Gasteiger partial charge >= 0.3 is 21.9 Å². The fourth-order valence-electron chi connectivity index (χ4n) is 0.221. The van der Waals surface area contributed by atoms with E-state index >= 15 is 0 Å². The second-order valence-corrected chi connectivity index (χ2v) is 3.76. The summed E-state index contributed by atoms with van der Waals surface area (Å²) in [7, 11) is -9.25. The van der Waals surface area contributed by atoms with Gasteiger partial charge in [0.1, 0.15) is 0 Å². The minimum atomic E-state index is -9.25. The van der Waals surface area contributed by atoms with E-state index in [-0.39, 0.29) is 4.36 Å². The van der Waals surface area contributed by atoms with Gasteiger partial charge in [-0.1, -0.05) is 4.36 Å². The molecular weight excluding hydrogens is 241 g/mol. The molecule has 0 aliphatic rings. The molecule has 0 fully saturated rings. The van der Waals surface area contributed by atoms with Crippen molar-refractivity contribution in [1.29, 1.82) is 0 Å². The van der Waals surface area contributed by atoms with Crippen molar-refractivity contribution in [1.82, 2.24) is 0 Å². The summed E-state index contributed by atoms with van der Waals surface area (Å²) in [5.41, 5.74) is -6.94. The first-order chi connectivity index (χ1) is 5.24. The summed E-state index contributed by atoms with van der Waals surface area (Å²) in [6.45, 7) is 0. The smallest absolute Gasteiger partial charge is 0.155 e. The van der Waals surface area contributed by atoms with Crippen molar-refractivity contribution in [3.8, 4) is 0 Å². The molecule has 13 heavy (non-hydrogen) atoms. The van der Waals surface area contributed by atoms with Gasteiger partial charge in [0.25, 0.3) is 0 Å². The van der Waals surface area contributed by atoms with Crippen molar-refractivity contribution in [3.63, 3.8) is 0 Å². The first-order valence-electron chi connectivity index (χ1n) is 2.21. The van der Waals surface area contributed by atoms with Crippen LogP contribution in [0.25, 0.3) is 0 Å². The summed E-state index contributed by atoms with van der Waals surface area (Å²) in [5, 5.41) is 0. The molecule has 0 aromatic heterocycles. The molecule has 0 spiro atoms. The predicted octanol–water partition coefficient (Wildman–Crippen LogP) is 3.55. The Hall–Kier alpha value is -0.480. The van der Waals surface area contributed by atoms with Gasteiger partial charge in [-0.15, -0.1) is 24.8 Å². The Morgan fingerprint density at radius 2 is 1.08 bits per heavy atom. The van der Waals surface area contributed by atoms with Crippen LogP contribution in [0.4, 0.5) is 38.0 Å². The van der Waals surface area contributed by atoms with Gasteiger partial charge < -0.3 is 0 Å². The lowest BCUT2D eigenvalue weighted by Gasteiger charge is -2.23. The van der Waals surface area contributed by atoms with Gasteiger partial charge in [-0.2, -0.15) is 13.2 Å². The molecule has 0 radical (unpaired) electrons. The highest BCUT2D eigenvalue weighted by Gasteiger charge is 2.64. The average molecular weight is 241 g/mol. The second kappa shape index (κ2) is 2.51. The molecule has 0 aromatic rings. The average Bonchev–Trinajstić information content (AvgIpc) is 1.48. The monoisotopic (exact) mass is 241 g/mol. The van der Waals surface area contributed by atoms with Crippen LogP contribution in [-0.2, 0) is 10.1 Å². The number of halogens is 9. The Morgan fingerprint density at radius 1 is 0.769 bits per heavy atom. The largest absolute Gasteiger partial charge is 0.513 e. The van der Waals surface area contributed by atoms with Crippen LogP contribution in [-0.4, -0.2) is 11.8 Å². The van der Waals surface area contributed by atoms with E-state index in [0.717, 1.165) is 0 Å². The standard InChI is InChI=1S/C2F9NS/c3-1(4,5)12-13(9,10,11)2(6,7)8. The molecule has 0 aromatic carbocycles. The van der Waals surface area contributed by atoms with Crippen LogP contribution >= 0.6 is 0 Å². The molecule has 0 saturated heterocycles. The fraction of sp³-hybridized carbons (Fsp3) is 1.00. The molecule has 0 aliphatic heterocycles. The molecule has 0 aliphatic carbocycles. The molecule has 11 heteroatoms. The minimum absolute atomic E-state index is 0.0722. The molecule has 0 unspecified atom stereocenters. The van der Waals surface area contributed by atoms with Gasteiger partial charge in [-0.05, 0) is 0 Å². The highest BCUT2D eigenvalue weighted by molar-refractivity contribution is 8.09. The lowest BCUT2D eigenvalue weighted by molar-refractivity contribution is -0.123. The summed E-state index contributed by atoms with van der Waals surface area (Å²) in [6.07, 6.45) is -6.27. The van der Waals surface area contributed by atoms with Crippen LogP contribution in [0.1, 0.15) is 0 Å². The number of rotatable bonds is 0. The molecule has 82 valence electrons. The predicted molar refractivity (Wildman–Crippen MR) is 25.2 cm³/mol. The topological polar surface area (TPSA) is 12.4 Å². The molecule has 0 amide bonds. The zero-order valence-corrected chi connectivity index (χ0v) is 6.07. The van der Waals surface area contributed by atoms with Crippen molar-refractivity contribution < 1.29 is 38.0 Å². The van der Waals surface area contributed by atoms with E-state index in [9.17, 15) is 38.0 Å². The van der Waals surface area contributed by atoms with Gasteiger partial charge in [0.05, 0.1) is 0 Å². The van der Waals surface area contributed by atoms with E-state index in [1.165, 1.54) is 0 Å². The van der Waals surface area contributed by atoms with E-state index in [0.29, 0.717) is 0 Å². The van der Waals surface area contributed by atoms with Crippen molar-refractivity contribution >= 4 is 10.1 Å². The zero-order valence-electron chi connectivity index (χ0n) is 5.26. The fourth-order valence-corrected chi connectivity index (χ4v) is 0.663. The van der Waals surface area contributed by atoms with Crippen LogP contribution in [0.2, 0.25) is 0 Å². The lowest BCUT2D eigenvalue weighted by atomic mass is 11.3. The quantitative estimate of drug-likeness (QED) is 0.454. The Kier molecular flexibility index (Phi) is 2.42. The molecule has 0 atom stereocenters. The molecule has 0 N–H and O–H groups in total. The van der Waals surface area contributed by atoms with Crippen molar-refractivity contribution in [2.24, 2.45) is 4.36 Å². The Morgan fingerprint density at radius 3 is 1.15 bits per heavy atom. The molecular formula is C2F9NS. The lowest BCUT2D eigenvalue weighted by Crippen LogP contribution is -2.35. The summed E-state index contributed by atoms with van der Waals surface area (Å²) in [4.78, 5) is 0. The zero-order chi connectivity index (χ0) is 11.2. The maximum atomic E-state index is 11.5. The minimum Gasteiger partial charge on any atom is -0.155 e. The molecule has 0 saturated carbocycles. The van der Waals surface area contributed by atoms with Crippen LogP contribution < -0.4 is 0 Å². The Bertz CT molecular complexity index is 251. The van der Waals surface area contributed by atoms with Gasteiger partial charge in [-0.3, -0.25) is 0 Å². The van der Waals surface area contributed by atoms with E-state index in [1.54, 1.807) is 0 Å². The SMILES string of the molecule is FC(F)(F)N=S(F)(F)(F)C(F)(F)F. The summed E-state index contributed by atoms with van der Waals surface area (Å²) >= 11 is 0. The number of nitrogens with zero attached hydrogens (tertiary/aromatic N) is 1. The normalized spacial score (nSPS) is 17.8. The summed E-state index contributed by atoms with van der Waals surface area (Å²) in [6, 6.07) is 0. The van der Waals surface area contributed by atoms with Crippen LogP contribution in [0.15, 0.2) is 4.36 Å². The third-order valence-electron chi connectivity index (χ3n) is 0.619. The highest BCUT2D eigenvalue weighted by Crippen LogP contribution is 2.53. The maximum Gasteiger partial charge on any atom is 0.513 e. The van der Waals surface area contributed by atoms with Crippen molar-refractivity contribution in [2.75, 3.05) is 0 Å².